The Hall–Kier alpha value is -0.820. The number of primary sulfonamides is 1. The SMILES string of the molecule is CC(C)(C)OC(=O)NC1(CS(N)(=O)=O)CCC1. The molecule has 1 aliphatic rings. The van der Waals surface area contributed by atoms with E-state index in [1.54, 1.807) is 20.8 Å². The third kappa shape index (κ3) is 4.91. The molecule has 3 N–H and O–H groups in total. The van der Waals surface area contributed by atoms with Gasteiger partial charge in [0.15, 0.2) is 0 Å². The van der Waals surface area contributed by atoms with Crippen LogP contribution in [0, 0.1) is 0 Å². The molecule has 1 fully saturated rings. The van der Waals surface area contributed by atoms with E-state index in [0.717, 1.165) is 6.42 Å². The van der Waals surface area contributed by atoms with Crippen LogP contribution in [-0.4, -0.2) is 31.4 Å². The molecule has 1 saturated carbocycles. The Morgan fingerprint density at radius 3 is 2.24 bits per heavy atom. The number of amides is 1. The van der Waals surface area contributed by atoms with Crippen LogP contribution < -0.4 is 10.5 Å². The van der Waals surface area contributed by atoms with Gasteiger partial charge in [-0.05, 0) is 40.0 Å². The summed E-state index contributed by atoms with van der Waals surface area (Å²) in [5, 5.41) is 7.64. The molecule has 6 nitrogen and oxygen atoms in total. The Kier molecular flexibility index (Phi) is 3.73. The van der Waals surface area contributed by atoms with Crippen LogP contribution in [0.1, 0.15) is 40.0 Å². The summed E-state index contributed by atoms with van der Waals surface area (Å²) in [6.07, 6.45) is 1.51. The molecule has 0 aromatic heterocycles. The minimum atomic E-state index is -3.60. The number of hydrogen-bond acceptors (Lipinski definition) is 4. The highest BCUT2D eigenvalue weighted by Crippen LogP contribution is 2.33. The van der Waals surface area contributed by atoms with Crippen LogP contribution in [0.4, 0.5) is 4.79 Å². The van der Waals surface area contributed by atoms with Crippen molar-refractivity contribution in [2.24, 2.45) is 5.14 Å². The van der Waals surface area contributed by atoms with Crippen molar-refractivity contribution in [2.45, 2.75) is 51.2 Å². The van der Waals surface area contributed by atoms with Gasteiger partial charge in [0.05, 0.1) is 11.3 Å². The fourth-order valence-corrected chi connectivity index (χ4v) is 2.95. The van der Waals surface area contributed by atoms with E-state index in [9.17, 15) is 13.2 Å². The van der Waals surface area contributed by atoms with Crippen LogP contribution in [0.3, 0.4) is 0 Å². The lowest BCUT2D eigenvalue weighted by molar-refractivity contribution is 0.0409. The van der Waals surface area contributed by atoms with Gasteiger partial charge in [-0.3, -0.25) is 0 Å². The average Bonchev–Trinajstić information content (AvgIpc) is 1.93. The molecule has 100 valence electrons. The molecule has 7 heteroatoms. The van der Waals surface area contributed by atoms with Crippen molar-refractivity contribution < 1.29 is 17.9 Å². The number of sulfonamides is 1. The highest BCUT2D eigenvalue weighted by atomic mass is 32.2. The molecule has 0 unspecified atom stereocenters. The van der Waals surface area contributed by atoms with E-state index in [2.05, 4.69) is 5.32 Å². The van der Waals surface area contributed by atoms with Crippen molar-refractivity contribution in [3.05, 3.63) is 0 Å². The third-order valence-electron chi connectivity index (χ3n) is 2.55. The van der Waals surface area contributed by atoms with Gasteiger partial charge in [0.2, 0.25) is 10.0 Å². The summed E-state index contributed by atoms with van der Waals surface area (Å²) < 4.78 is 27.3. The first-order chi connectivity index (χ1) is 7.52. The Bertz CT molecular complexity index is 393. The molecule has 0 bridgehead atoms. The second kappa shape index (κ2) is 4.45. The van der Waals surface area contributed by atoms with Gasteiger partial charge >= 0.3 is 6.09 Å². The standard InChI is InChI=1S/C10H20N2O4S/c1-9(2,3)16-8(13)12-10(5-4-6-10)7-17(11,14)15/h4-7H2,1-3H3,(H,12,13)(H2,11,14,15). The smallest absolute Gasteiger partial charge is 0.408 e. The Balaban J connectivity index is 2.61. The summed E-state index contributed by atoms with van der Waals surface area (Å²) in [6.45, 7) is 5.25. The molecule has 0 saturated heterocycles. The molecule has 0 aromatic carbocycles. The Labute approximate surface area is 102 Å². The highest BCUT2D eigenvalue weighted by Gasteiger charge is 2.42. The van der Waals surface area contributed by atoms with Gasteiger partial charge in [-0.25, -0.2) is 18.4 Å². The van der Waals surface area contributed by atoms with Crippen molar-refractivity contribution in [1.29, 1.82) is 0 Å². The second-order valence-corrected chi connectivity index (χ2v) is 7.18. The van der Waals surface area contributed by atoms with Crippen LogP contribution in [0.2, 0.25) is 0 Å². The number of ether oxygens (including phenoxy) is 1. The van der Waals surface area contributed by atoms with Gasteiger partial charge in [-0.2, -0.15) is 0 Å². The monoisotopic (exact) mass is 264 g/mol. The average molecular weight is 264 g/mol. The molecular formula is C10H20N2O4S. The molecule has 1 rings (SSSR count). The fourth-order valence-electron chi connectivity index (χ4n) is 1.81. The van der Waals surface area contributed by atoms with Gasteiger partial charge in [0, 0.05) is 0 Å². The molecule has 0 aliphatic heterocycles. The van der Waals surface area contributed by atoms with Crippen molar-refractivity contribution >= 4 is 16.1 Å². The van der Waals surface area contributed by atoms with E-state index in [4.69, 9.17) is 9.88 Å². The minimum Gasteiger partial charge on any atom is -0.444 e. The largest absolute Gasteiger partial charge is 0.444 e. The minimum absolute atomic E-state index is 0.237. The predicted octanol–water partition coefficient (Wildman–Crippen LogP) is 0.722. The van der Waals surface area contributed by atoms with Crippen LogP contribution in [0.5, 0.6) is 0 Å². The molecule has 0 atom stereocenters. The van der Waals surface area contributed by atoms with E-state index in [-0.39, 0.29) is 5.75 Å². The summed E-state index contributed by atoms with van der Waals surface area (Å²) in [6, 6.07) is 0. The Morgan fingerprint density at radius 2 is 1.94 bits per heavy atom. The lowest BCUT2D eigenvalue weighted by Gasteiger charge is -2.41. The van der Waals surface area contributed by atoms with Gasteiger partial charge in [0.25, 0.3) is 0 Å². The first-order valence-electron chi connectivity index (χ1n) is 5.53. The summed E-state index contributed by atoms with van der Waals surface area (Å²) in [4.78, 5) is 11.6. The van der Waals surface area contributed by atoms with Crippen molar-refractivity contribution in [3.63, 3.8) is 0 Å². The van der Waals surface area contributed by atoms with Gasteiger partial charge in [-0.1, -0.05) is 0 Å². The number of nitrogens with one attached hydrogen (secondary N) is 1. The fraction of sp³-hybridized carbons (Fsp3) is 0.900. The van der Waals surface area contributed by atoms with E-state index < -0.39 is 27.3 Å². The van der Waals surface area contributed by atoms with Gasteiger partial charge in [-0.15, -0.1) is 0 Å². The maximum absolute atomic E-state index is 11.6. The summed E-state index contributed by atoms with van der Waals surface area (Å²) in [7, 11) is -3.60. The lowest BCUT2D eigenvalue weighted by atomic mass is 9.78. The molecule has 0 radical (unpaired) electrons. The number of carbonyl (C=O) groups is 1. The van der Waals surface area contributed by atoms with Crippen molar-refractivity contribution in [1.82, 2.24) is 5.32 Å². The molecule has 0 heterocycles. The van der Waals surface area contributed by atoms with Gasteiger partial charge in [0.1, 0.15) is 5.60 Å². The zero-order valence-corrected chi connectivity index (χ0v) is 11.3. The normalized spacial score (nSPS) is 19.3. The maximum Gasteiger partial charge on any atom is 0.408 e. The van der Waals surface area contributed by atoms with E-state index in [1.807, 2.05) is 0 Å². The lowest BCUT2D eigenvalue weighted by Crippen LogP contribution is -2.59. The van der Waals surface area contributed by atoms with Crippen LogP contribution in [0.25, 0.3) is 0 Å². The number of alkyl carbamates (subject to hydrolysis) is 1. The number of hydrogen-bond donors (Lipinski definition) is 2. The molecule has 1 aliphatic carbocycles. The molecule has 17 heavy (non-hydrogen) atoms. The third-order valence-corrected chi connectivity index (χ3v) is 3.51. The molecule has 0 aromatic rings. The topological polar surface area (TPSA) is 98.5 Å². The zero-order valence-electron chi connectivity index (χ0n) is 10.4. The summed E-state index contributed by atoms with van der Waals surface area (Å²) in [5.74, 6) is -0.237. The first-order valence-corrected chi connectivity index (χ1v) is 7.25. The maximum atomic E-state index is 11.6. The number of carbonyl (C=O) groups excluding carboxylic acids is 1. The van der Waals surface area contributed by atoms with Crippen molar-refractivity contribution in [3.8, 4) is 0 Å². The summed E-state index contributed by atoms with van der Waals surface area (Å²) >= 11 is 0. The van der Waals surface area contributed by atoms with Crippen LogP contribution in [-0.2, 0) is 14.8 Å². The predicted molar refractivity (Wildman–Crippen MR) is 63.9 cm³/mol. The quantitative estimate of drug-likeness (QED) is 0.784. The van der Waals surface area contributed by atoms with Gasteiger partial charge < -0.3 is 10.1 Å². The molecule has 0 spiro atoms. The molecular weight excluding hydrogens is 244 g/mol. The van der Waals surface area contributed by atoms with Crippen LogP contribution >= 0.6 is 0 Å². The number of rotatable bonds is 3. The Morgan fingerprint density at radius 1 is 1.41 bits per heavy atom. The second-order valence-electron chi connectivity index (χ2n) is 5.57. The summed E-state index contributed by atoms with van der Waals surface area (Å²) in [5.41, 5.74) is -1.34. The zero-order chi connectivity index (χ0) is 13.3. The van der Waals surface area contributed by atoms with E-state index in [1.165, 1.54) is 0 Å². The number of nitrogens with two attached hydrogens (primary N) is 1. The van der Waals surface area contributed by atoms with E-state index in [0.29, 0.717) is 12.8 Å². The molecule has 1 amide bonds. The first kappa shape index (κ1) is 14.2. The van der Waals surface area contributed by atoms with Crippen molar-refractivity contribution in [2.75, 3.05) is 5.75 Å². The van der Waals surface area contributed by atoms with E-state index >= 15 is 0 Å². The highest BCUT2D eigenvalue weighted by molar-refractivity contribution is 7.89. The van der Waals surface area contributed by atoms with Crippen LogP contribution in [0.15, 0.2) is 0 Å².